The highest BCUT2D eigenvalue weighted by molar-refractivity contribution is 5.94. The molecule has 0 bridgehead atoms. The molecule has 0 aliphatic rings. The molecule has 0 aliphatic heterocycles. The fraction of sp³-hybridized carbons (Fsp3) is 0.353. The molecule has 1 aromatic heterocycles. The van der Waals surface area contributed by atoms with Crippen molar-refractivity contribution >= 4 is 11.8 Å². The number of hydrogen-bond acceptors (Lipinski definition) is 4. The Morgan fingerprint density at radius 2 is 1.91 bits per heavy atom. The number of carbonyl (C=O) groups excluding carboxylic acids is 2. The summed E-state index contributed by atoms with van der Waals surface area (Å²) in [5, 5.41) is 9.33. The molecule has 1 heterocycles. The van der Waals surface area contributed by atoms with Gasteiger partial charge in [0.1, 0.15) is 0 Å². The summed E-state index contributed by atoms with van der Waals surface area (Å²) in [6.07, 6.45) is 0.886. The molecule has 0 saturated carbocycles. The number of rotatable bonds is 6. The molecule has 1 atom stereocenters. The predicted molar refractivity (Wildman–Crippen MR) is 86.1 cm³/mol. The van der Waals surface area contributed by atoms with Gasteiger partial charge in [0.25, 0.3) is 11.8 Å². The number of hydrogen-bond donors (Lipinski definition) is 2. The summed E-state index contributed by atoms with van der Waals surface area (Å²) in [5.41, 5.74) is 2.16. The summed E-state index contributed by atoms with van der Waals surface area (Å²) in [5.74, 6) is -0.219. The molecule has 0 aliphatic carbocycles. The van der Waals surface area contributed by atoms with Crippen LogP contribution in [0.2, 0.25) is 0 Å². The van der Waals surface area contributed by atoms with Gasteiger partial charge in [-0.05, 0) is 38.0 Å². The maximum atomic E-state index is 12.0. The standard InChI is InChI=1S/C17H21N3O3/c1-4-11(2)19-16(21)14-7-5-13(6-8-14)10-18-17(22)15-9-12(3)20-23-15/h5-9,11H,4,10H2,1-3H3,(H,18,22)(H,19,21)/t11-/m0/s1. The molecule has 23 heavy (non-hydrogen) atoms. The Balaban J connectivity index is 1.90. The van der Waals surface area contributed by atoms with Crippen LogP contribution in [0.1, 0.15) is 52.4 Å². The molecule has 0 saturated heterocycles. The highest BCUT2D eigenvalue weighted by atomic mass is 16.5. The summed E-state index contributed by atoms with van der Waals surface area (Å²) in [6.45, 7) is 6.09. The van der Waals surface area contributed by atoms with E-state index in [1.807, 2.05) is 26.0 Å². The number of aromatic nitrogens is 1. The lowest BCUT2D eigenvalue weighted by molar-refractivity contribution is 0.0911. The van der Waals surface area contributed by atoms with Gasteiger partial charge in [-0.25, -0.2) is 0 Å². The largest absolute Gasteiger partial charge is 0.351 e. The van der Waals surface area contributed by atoms with E-state index in [1.54, 1.807) is 25.1 Å². The summed E-state index contributed by atoms with van der Waals surface area (Å²) >= 11 is 0. The Kier molecular flexibility index (Phi) is 5.51. The fourth-order valence-electron chi connectivity index (χ4n) is 1.92. The first-order chi connectivity index (χ1) is 11.0. The highest BCUT2D eigenvalue weighted by Crippen LogP contribution is 2.07. The van der Waals surface area contributed by atoms with Crippen molar-refractivity contribution in [2.45, 2.75) is 39.8 Å². The van der Waals surface area contributed by atoms with Gasteiger partial charge >= 0.3 is 0 Å². The Bertz CT molecular complexity index is 677. The van der Waals surface area contributed by atoms with Gasteiger partial charge in [0.05, 0.1) is 5.69 Å². The molecular weight excluding hydrogens is 294 g/mol. The normalized spacial score (nSPS) is 11.8. The Morgan fingerprint density at radius 1 is 1.22 bits per heavy atom. The van der Waals surface area contributed by atoms with Crippen molar-refractivity contribution in [3.8, 4) is 0 Å². The van der Waals surface area contributed by atoms with E-state index in [0.29, 0.717) is 17.8 Å². The van der Waals surface area contributed by atoms with Crippen LogP contribution in [0, 0.1) is 6.92 Å². The molecule has 6 nitrogen and oxygen atoms in total. The summed E-state index contributed by atoms with van der Waals surface area (Å²) < 4.78 is 4.90. The van der Waals surface area contributed by atoms with E-state index in [0.717, 1.165) is 12.0 Å². The minimum absolute atomic E-state index is 0.0907. The van der Waals surface area contributed by atoms with Crippen LogP contribution in [0.25, 0.3) is 0 Å². The average Bonchev–Trinajstić information content (AvgIpc) is 2.99. The molecule has 122 valence electrons. The molecule has 2 amide bonds. The van der Waals surface area contributed by atoms with Crippen LogP contribution in [0.4, 0.5) is 0 Å². The first kappa shape index (κ1) is 16.7. The first-order valence-corrected chi connectivity index (χ1v) is 7.61. The lowest BCUT2D eigenvalue weighted by Crippen LogP contribution is -2.31. The molecule has 2 aromatic rings. The fourth-order valence-corrected chi connectivity index (χ4v) is 1.92. The smallest absolute Gasteiger partial charge is 0.290 e. The van der Waals surface area contributed by atoms with Gasteiger partial charge in [0, 0.05) is 24.2 Å². The van der Waals surface area contributed by atoms with Crippen molar-refractivity contribution in [2.75, 3.05) is 0 Å². The summed E-state index contributed by atoms with van der Waals surface area (Å²) in [4.78, 5) is 23.8. The molecule has 0 radical (unpaired) electrons. The Hall–Kier alpha value is -2.63. The van der Waals surface area contributed by atoms with E-state index in [2.05, 4.69) is 15.8 Å². The molecule has 6 heteroatoms. The molecule has 0 unspecified atom stereocenters. The van der Waals surface area contributed by atoms with Crippen molar-refractivity contribution in [1.29, 1.82) is 0 Å². The van der Waals surface area contributed by atoms with Gasteiger partial charge in [0.15, 0.2) is 0 Å². The van der Waals surface area contributed by atoms with Gasteiger partial charge in [0.2, 0.25) is 5.76 Å². The van der Waals surface area contributed by atoms with Crippen LogP contribution >= 0.6 is 0 Å². The van der Waals surface area contributed by atoms with E-state index in [1.165, 1.54) is 0 Å². The number of carbonyl (C=O) groups is 2. The Morgan fingerprint density at radius 3 is 2.48 bits per heavy atom. The van der Waals surface area contributed by atoms with Crippen LogP contribution < -0.4 is 10.6 Å². The van der Waals surface area contributed by atoms with Gasteiger partial charge < -0.3 is 15.2 Å². The average molecular weight is 315 g/mol. The summed E-state index contributed by atoms with van der Waals surface area (Å²) in [7, 11) is 0. The van der Waals surface area contributed by atoms with E-state index in [4.69, 9.17) is 4.52 Å². The zero-order chi connectivity index (χ0) is 16.8. The molecular formula is C17H21N3O3. The molecule has 0 spiro atoms. The second kappa shape index (κ2) is 7.58. The zero-order valence-corrected chi connectivity index (χ0v) is 13.6. The monoisotopic (exact) mass is 315 g/mol. The number of nitrogens with zero attached hydrogens (tertiary/aromatic N) is 1. The second-order valence-electron chi connectivity index (χ2n) is 5.49. The zero-order valence-electron chi connectivity index (χ0n) is 13.6. The van der Waals surface area contributed by atoms with Crippen LogP contribution in [0.5, 0.6) is 0 Å². The third-order valence-electron chi connectivity index (χ3n) is 3.51. The van der Waals surface area contributed by atoms with Gasteiger partial charge in [-0.3, -0.25) is 9.59 Å². The molecule has 1 aromatic carbocycles. The van der Waals surface area contributed by atoms with Crippen molar-refractivity contribution in [1.82, 2.24) is 15.8 Å². The maximum Gasteiger partial charge on any atom is 0.290 e. The van der Waals surface area contributed by atoms with Crippen LogP contribution in [0.3, 0.4) is 0 Å². The lowest BCUT2D eigenvalue weighted by Gasteiger charge is -2.11. The third kappa shape index (κ3) is 4.67. The van der Waals surface area contributed by atoms with Crippen LogP contribution in [-0.2, 0) is 6.54 Å². The SMILES string of the molecule is CC[C@H](C)NC(=O)c1ccc(CNC(=O)c2cc(C)no2)cc1. The minimum Gasteiger partial charge on any atom is -0.351 e. The van der Waals surface area contributed by atoms with Crippen LogP contribution in [-0.4, -0.2) is 23.0 Å². The number of nitrogens with one attached hydrogen (secondary N) is 2. The van der Waals surface area contributed by atoms with Gasteiger partial charge in [-0.15, -0.1) is 0 Å². The number of amides is 2. The van der Waals surface area contributed by atoms with Crippen LogP contribution in [0.15, 0.2) is 34.9 Å². The molecule has 0 fully saturated rings. The number of benzene rings is 1. The minimum atomic E-state index is -0.316. The van der Waals surface area contributed by atoms with Gasteiger partial charge in [-0.1, -0.05) is 24.2 Å². The van der Waals surface area contributed by atoms with Crippen molar-refractivity contribution in [2.24, 2.45) is 0 Å². The van der Waals surface area contributed by atoms with E-state index < -0.39 is 0 Å². The lowest BCUT2D eigenvalue weighted by atomic mass is 10.1. The van der Waals surface area contributed by atoms with Gasteiger partial charge in [-0.2, -0.15) is 0 Å². The molecule has 2 N–H and O–H groups in total. The van der Waals surface area contributed by atoms with E-state index in [-0.39, 0.29) is 23.6 Å². The second-order valence-corrected chi connectivity index (χ2v) is 5.49. The van der Waals surface area contributed by atoms with Crippen molar-refractivity contribution < 1.29 is 14.1 Å². The predicted octanol–water partition coefficient (Wildman–Crippen LogP) is 2.44. The van der Waals surface area contributed by atoms with E-state index in [9.17, 15) is 9.59 Å². The number of aryl methyl sites for hydroxylation is 1. The molecule has 2 rings (SSSR count). The highest BCUT2D eigenvalue weighted by Gasteiger charge is 2.11. The van der Waals surface area contributed by atoms with Crippen molar-refractivity contribution in [3.63, 3.8) is 0 Å². The van der Waals surface area contributed by atoms with E-state index >= 15 is 0 Å². The van der Waals surface area contributed by atoms with Crippen molar-refractivity contribution in [3.05, 3.63) is 52.9 Å². The summed E-state index contributed by atoms with van der Waals surface area (Å²) in [6, 6.07) is 8.86. The Labute approximate surface area is 135 Å². The topological polar surface area (TPSA) is 84.2 Å². The quantitative estimate of drug-likeness (QED) is 0.857. The third-order valence-corrected chi connectivity index (χ3v) is 3.51. The maximum absolute atomic E-state index is 12.0. The first-order valence-electron chi connectivity index (χ1n) is 7.61.